The Morgan fingerprint density at radius 3 is 1.92 bits per heavy atom. The van der Waals surface area contributed by atoms with E-state index < -0.39 is 0 Å². The first-order chi connectivity index (χ1) is 4.72. The largest absolute Gasteiger partial charge is 1.00 e. The van der Waals surface area contributed by atoms with Crippen molar-refractivity contribution >= 4 is 26.1 Å². The SMILES string of the molecule is CC(N)c1cccc[c]1[Sn+3].[Br-].[Br-].[Br-]. The van der Waals surface area contributed by atoms with E-state index in [2.05, 4.69) is 18.2 Å². The van der Waals surface area contributed by atoms with E-state index in [9.17, 15) is 0 Å². The van der Waals surface area contributed by atoms with Gasteiger partial charge in [-0.2, -0.15) is 0 Å². The molecule has 0 heterocycles. The molecule has 1 aromatic rings. The van der Waals surface area contributed by atoms with E-state index in [1.54, 1.807) is 0 Å². The molecule has 0 spiro atoms. The molecule has 5 heteroatoms. The van der Waals surface area contributed by atoms with E-state index >= 15 is 0 Å². The zero-order valence-corrected chi connectivity index (χ0v) is 14.7. The summed E-state index contributed by atoms with van der Waals surface area (Å²) in [5.41, 5.74) is 7.01. The van der Waals surface area contributed by atoms with E-state index in [0.717, 1.165) is 0 Å². The van der Waals surface area contributed by atoms with Crippen LogP contribution < -0.4 is 60.3 Å². The number of hydrogen-bond acceptors (Lipinski definition) is 1. The topological polar surface area (TPSA) is 26.0 Å². The minimum atomic E-state index is 0. The number of halogens is 3. The van der Waals surface area contributed by atoms with Gasteiger partial charge < -0.3 is 50.9 Å². The summed E-state index contributed by atoms with van der Waals surface area (Å²) in [6.45, 7) is 2.02. The smallest absolute Gasteiger partial charge is 1.00 e. The van der Waals surface area contributed by atoms with Crippen LogP contribution in [0.2, 0.25) is 0 Å². The van der Waals surface area contributed by atoms with E-state index in [1.165, 1.54) is 31.7 Å². The van der Waals surface area contributed by atoms with Crippen molar-refractivity contribution in [1.82, 2.24) is 0 Å². The summed E-state index contributed by atoms with van der Waals surface area (Å²) in [7, 11) is 0. The van der Waals surface area contributed by atoms with Gasteiger partial charge in [0.25, 0.3) is 0 Å². The van der Waals surface area contributed by atoms with Gasteiger partial charge in [-0.15, -0.1) is 0 Å². The standard InChI is InChI=1S/C8H10N.3BrH.Sn/c1-7(9)8-5-3-2-4-6-8;;;;/h2-5,7H,9H2,1H3;3*1H;/q;;;;+3/p-3. The zero-order valence-electron chi connectivity index (χ0n) is 7.10. The van der Waals surface area contributed by atoms with Gasteiger partial charge in [0.05, 0.1) is 0 Å². The first kappa shape index (κ1) is 19.9. The third-order valence-corrected chi connectivity index (χ3v) is 2.75. The maximum Gasteiger partial charge on any atom is -1.00 e. The minimum absolute atomic E-state index is 0. The van der Waals surface area contributed by atoms with Gasteiger partial charge in [-0.3, -0.25) is 0 Å². The van der Waals surface area contributed by atoms with Crippen LogP contribution in [-0.2, 0) is 0 Å². The van der Waals surface area contributed by atoms with E-state index in [-0.39, 0.29) is 57.0 Å². The fraction of sp³-hybridized carbons (Fsp3) is 0.250. The summed E-state index contributed by atoms with van der Waals surface area (Å²) in [6.07, 6.45) is 0. The monoisotopic (exact) mass is 477 g/mol. The summed E-state index contributed by atoms with van der Waals surface area (Å²) in [6, 6.07) is 8.48. The molecule has 0 radical (unpaired) electrons. The van der Waals surface area contributed by atoms with Gasteiger partial charge in [0.15, 0.2) is 0 Å². The predicted molar refractivity (Wildman–Crippen MR) is 44.4 cm³/mol. The van der Waals surface area contributed by atoms with Crippen molar-refractivity contribution in [3.8, 4) is 0 Å². The molecule has 1 aromatic carbocycles. The Morgan fingerprint density at radius 2 is 1.62 bits per heavy atom. The van der Waals surface area contributed by atoms with Gasteiger partial charge in [0.1, 0.15) is 0 Å². The van der Waals surface area contributed by atoms with Crippen LogP contribution in [0, 0.1) is 0 Å². The number of rotatable bonds is 1. The van der Waals surface area contributed by atoms with Crippen LogP contribution >= 0.6 is 0 Å². The maximum atomic E-state index is 5.73. The summed E-state index contributed by atoms with van der Waals surface area (Å²) >= 11 is 1.44. The Hall–Kier alpha value is 1.42. The second-order valence-electron chi connectivity index (χ2n) is 2.38. The van der Waals surface area contributed by atoms with Gasteiger partial charge in [0.2, 0.25) is 0 Å². The van der Waals surface area contributed by atoms with Crippen LogP contribution in [0.1, 0.15) is 18.5 Å². The van der Waals surface area contributed by atoms with Crippen molar-refractivity contribution in [3.63, 3.8) is 0 Å². The van der Waals surface area contributed by atoms with Crippen molar-refractivity contribution < 1.29 is 50.9 Å². The Morgan fingerprint density at radius 1 is 1.15 bits per heavy atom. The predicted octanol–water partition coefficient (Wildman–Crippen LogP) is -8.49. The second kappa shape index (κ2) is 9.95. The van der Waals surface area contributed by atoms with Crippen molar-refractivity contribution in [1.29, 1.82) is 0 Å². The molecule has 1 atom stereocenters. The summed E-state index contributed by atoms with van der Waals surface area (Å²) in [5, 5.41) is 0. The Balaban J connectivity index is -0.000000333. The Kier molecular flexibility index (Phi) is 15.2. The second-order valence-corrected chi connectivity index (χ2v) is 3.91. The maximum absolute atomic E-state index is 5.73. The Labute approximate surface area is 124 Å². The number of nitrogens with two attached hydrogens (primary N) is 1. The summed E-state index contributed by atoms with van der Waals surface area (Å²) in [4.78, 5) is 0. The summed E-state index contributed by atoms with van der Waals surface area (Å²) < 4.78 is 1.37. The van der Waals surface area contributed by atoms with E-state index in [1.807, 2.05) is 13.0 Å². The van der Waals surface area contributed by atoms with Gasteiger partial charge in [0, 0.05) is 0 Å². The van der Waals surface area contributed by atoms with Crippen LogP contribution in [0.5, 0.6) is 0 Å². The van der Waals surface area contributed by atoms with Crippen LogP contribution in [-0.4, -0.2) is 22.5 Å². The third-order valence-electron chi connectivity index (χ3n) is 1.45. The normalized spacial score (nSPS) is 10.2. The molecule has 2 N–H and O–H groups in total. The third kappa shape index (κ3) is 6.49. The fourth-order valence-electron chi connectivity index (χ4n) is 0.894. The van der Waals surface area contributed by atoms with Crippen molar-refractivity contribution in [2.45, 2.75) is 13.0 Å². The first-order valence-corrected chi connectivity index (χ1v) is 4.70. The molecule has 13 heavy (non-hydrogen) atoms. The molecule has 0 aliphatic rings. The van der Waals surface area contributed by atoms with Crippen molar-refractivity contribution in [3.05, 3.63) is 29.8 Å². The molecule has 1 unspecified atom stereocenters. The van der Waals surface area contributed by atoms with Gasteiger partial charge in [-0.25, -0.2) is 0 Å². The Bertz CT molecular complexity index is 230. The molecule has 0 amide bonds. The van der Waals surface area contributed by atoms with Gasteiger partial charge in [-0.05, 0) is 0 Å². The average Bonchev–Trinajstić information content (AvgIpc) is 1.88. The molecule has 0 aromatic heterocycles. The van der Waals surface area contributed by atoms with Crippen molar-refractivity contribution in [2.75, 3.05) is 0 Å². The molecular weight excluding hydrogens is 469 g/mol. The van der Waals surface area contributed by atoms with Gasteiger partial charge >= 0.3 is 74.6 Å². The molecule has 0 aliphatic carbocycles. The minimum Gasteiger partial charge on any atom is -1.00 e. The zero-order chi connectivity index (χ0) is 7.56. The summed E-state index contributed by atoms with van der Waals surface area (Å²) in [5.74, 6) is 0. The van der Waals surface area contributed by atoms with Crippen LogP contribution in [0.25, 0.3) is 0 Å². The number of benzene rings is 1. The molecule has 0 fully saturated rings. The molecule has 1 nitrogen and oxygen atoms in total. The number of hydrogen-bond donors (Lipinski definition) is 1. The van der Waals surface area contributed by atoms with Crippen LogP contribution in [0.15, 0.2) is 24.3 Å². The van der Waals surface area contributed by atoms with Crippen LogP contribution in [0.3, 0.4) is 0 Å². The first-order valence-electron chi connectivity index (χ1n) is 3.28. The fourth-order valence-corrected chi connectivity index (χ4v) is 2.06. The van der Waals surface area contributed by atoms with E-state index in [4.69, 9.17) is 5.73 Å². The molecule has 1 rings (SSSR count). The van der Waals surface area contributed by atoms with Crippen LogP contribution in [0.4, 0.5) is 0 Å². The van der Waals surface area contributed by atoms with Crippen molar-refractivity contribution in [2.24, 2.45) is 5.73 Å². The molecule has 0 saturated carbocycles. The molecular formula is C8H10Br3NSn. The molecule has 0 saturated heterocycles. The molecule has 0 aliphatic heterocycles. The average molecular weight is 479 g/mol. The molecule has 0 bridgehead atoms. The molecule has 72 valence electrons. The van der Waals surface area contributed by atoms with E-state index in [0.29, 0.717) is 0 Å². The quantitative estimate of drug-likeness (QED) is 0.399. The van der Waals surface area contributed by atoms with Gasteiger partial charge in [-0.1, -0.05) is 0 Å².